The smallest absolute Gasteiger partial charge is 0.273 e. The highest BCUT2D eigenvalue weighted by atomic mass is 19.3. The lowest BCUT2D eigenvalue weighted by Crippen LogP contribution is -2.38. The van der Waals surface area contributed by atoms with Crippen LogP contribution in [0.15, 0.2) is 35.4 Å². The van der Waals surface area contributed by atoms with Gasteiger partial charge >= 0.3 is 0 Å². The standard InChI is InChI=1S/C28H33F2N5O4/c1-16(19-4-3-5-23-20(19)10-11-28(23,29)30)32-25(37)22-15-35(27(39)21-14-31-33-24(21)22)18-8-6-17(7-9-18)26(38)34(2)12-13-36/h3-5,14-18,36H,6-13H2,1-2H3,(H,31,33)(H,32,37)/t16-,17?,18?/m1/s1. The van der Waals surface area contributed by atoms with Gasteiger partial charge in [0.25, 0.3) is 17.4 Å². The van der Waals surface area contributed by atoms with Crippen molar-refractivity contribution in [1.82, 2.24) is 25.0 Å². The minimum Gasteiger partial charge on any atom is -0.395 e. The number of likely N-dealkylation sites (N-methyl/N-ethyl adjacent to an activating group) is 1. The maximum Gasteiger partial charge on any atom is 0.273 e. The number of aromatic amines is 1. The van der Waals surface area contributed by atoms with Crippen LogP contribution in [0.2, 0.25) is 0 Å². The lowest BCUT2D eigenvalue weighted by molar-refractivity contribution is -0.135. The fraction of sp³-hybridized carbons (Fsp3) is 0.500. The highest BCUT2D eigenvalue weighted by molar-refractivity contribution is 6.05. The molecule has 0 bridgehead atoms. The number of nitrogens with zero attached hydrogens (tertiary/aromatic N) is 3. The number of fused-ring (bicyclic) bond motifs is 2. The molecular weight excluding hydrogens is 508 g/mol. The number of alkyl halides is 2. The zero-order valence-corrected chi connectivity index (χ0v) is 22.0. The van der Waals surface area contributed by atoms with E-state index in [9.17, 15) is 23.2 Å². The first kappa shape index (κ1) is 27.0. The fourth-order valence-electron chi connectivity index (χ4n) is 6.07. The number of aliphatic hydroxyl groups is 1. The Bertz CT molecular complexity index is 1460. The van der Waals surface area contributed by atoms with Crippen LogP contribution in [0.1, 0.15) is 78.2 Å². The molecule has 39 heavy (non-hydrogen) atoms. The summed E-state index contributed by atoms with van der Waals surface area (Å²) >= 11 is 0. The second-order valence-corrected chi connectivity index (χ2v) is 10.7. The van der Waals surface area contributed by atoms with Crippen LogP contribution in [-0.2, 0) is 17.1 Å². The van der Waals surface area contributed by atoms with Gasteiger partial charge in [-0.25, -0.2) is 8.78 Å². The summed E-state index contributed by atoms with van der Waals surface area (Å²) in [6, 6.07) is 4.07. The van der Waals surface area contributed by atoms with E-state index in [-0.39, 0.29) is 65.9 Å². The third kappa shape index (κ3) is 4.95. The molecule has 0 aliphatic heterocycles. The molecule has 1 saturated carbocycles. The van der Waals surface area contributed by atoms with E-state index in [4.69, 9.17) is 5.11 Å². The fourth-order valence-corrected chi connectivity index (χ4v) is 6.07. The highest BCUT2D eigenvalue weighted by Gasteiger charge is 2.40. The van der Waals surface area contributed by atoms with Crippen molar-refractivity contribution in [3.05, 3.63) is 63.2 Å². The zero-order chi connectivity index (χ0) is 27.9. The normalized spacial score (nSPS) is 20.9. The number of pyridine rings is 1. The topological polar surface area (TPSA) is 120 Å². The number of carbonyl (C=O) groups excluding carboxylic acids is 2. The summed E-state index contributed by atoms with van der Waals surface area (Å²) in [6.07, 6.45) is 5.32. The van der Waals surface area contributed by atoms with Crippen LogP contribution in [-0.4, -0.2) is 56.8 Å². The summed E-state index contributed by atoms with van der Waals surface area (Å²) in [4.78, 5) is 41.0. The molecule has 2 aliphatic rings. The number of nitrogens with one attached hydrogen (secondary N) is 2. The maximum absolute atomic E-state index is 14.3. The van der Waals surface area contributed by atoms with Crippen molar-refractivity contribution >= 4 is 22.7 Å². The summed E-state index contributed by atoms with van der Waals surface area (Å²) in [6.45, 7) is 1.94. The predicted molar refractivity (Wildman–Crippen MR) is 141 cm³/mol. The first-order valence-corrected chi connectivity index (χ1v) is 13.4. The van der Waals surface area contributed by atoms with E-state index >= 15 is 0 Å². The van der Waals surface area contributed by atoms with E-state index in [0.29, 0.717) is 42.3 Å². The first-order chi connectivity index (χ1) is 18.6. The Balaban J connectivity index is 1.38. The lowest BCUT2D eigenvalue weighted by Gasteiger charge is -2.31. The highest BCUT2D eigenvalue weighted by Crippen LogP contribution is 2.43. The van der Waals surface area contributed by atoms with Crippen molar-refractivity contribution in [2.75, 3.05) is 20.2 Å². The molecule has 1 fully saturated rings. The van der Waals surface area contributed by atoms with Crippen molar-refractivity contribution in [1.29, 1.82) is 0 Å². The number of aliphatic hydroxyl groups excluding tert-OH is 1. The number of amides is 2. The molecule has 11 heteroatoms. The monoisotopic (exact) mass is 541 g/mol. The van der Waals surface area contributed by atoms with Crippen LogP contribution >= 0.6 is 0 Å². The van der Waals surface area contributed by atoms with E-state index in [0.717, 1.165) is 0 Å². The minimum atomic E-state index is -2.87. The summed E-state index contributed by atoms with van der Waals surface area (Å²) in [5, 5.41) is 19.1. The van der Waals surface area contributed by atoms with Crippen molar-refractivity contribution in [2.24, 2.45) is 5.92 Å². The van der Waals surface area contributed by atoms with Crippen LogP contribution in [0.4, 0.5) is 8.78 Å². The molecule has 1 atom stereocenters. The minimum absolute atomic E-state index is 0.0145. The van der Waals surface area contributed by atoms with E-state index < -0.39 is 17.9 Å². The third-order valence-electron chi connectivity index (χ3n) is 8.25. The molecule has 2 amide bonds. The second kappa shape index (κ2) is 10.5. The Morgan fingerprint density at radius 1 is 1.28 bits per heavy atom. The molecule has 3 N–H and O–H groups in total. The van der Waals surface area contributed by atoms with Gasteiger partial charge < -0.3 is 19.9 Å². The molecule has 2 heterocycles. The van der Waals surface area contributed by atoms with Gasteiger partial charge in [-0.05, 0) is 50.2 Å². The van der Waals surface area contributed by atoms with Crippen LogP contribution in [0.3, 0.4) is 0 Å². The summed E-state index contributed by atoms with van der Waals surface area (Å²) in [7, 11) is 1.67. The molecule has 1 aromatic carbocycles. The molecule has 0 saturated heterocycles. The van der Waals surface area contributed by atoms with Gasteiger partial charge in [0.1, 0.15) is 0 Å². The van der Waals surface area contributed by atoms with Crippen LogP contribution in [0, 0.1) is 5.92 Å². The molecule has 0 unspecified atom stereocenters. The van der Waals surface area contributed by atoms with Gasteiger partial charge in [-0.1, -0.05) is 18.2 Å². The maximum atomic E-state index is 14.3. The molecule has 208 valence electrons. The van der Waals surface area contributed by atoms with Crippen molar-refractivity contribution < 1.29 is 23.5 Å². The van der Waals surface area contributed by atoms with Gasteiger partial charge in [-0.15, -0.1) is 0 Å². The number of benzene rings is 1. The number of aromatic nitrogens is 3. The molecule has 5 rings (SSSR count). The Morgan fingerprint density at radius 3 is 2.74 bits per heavy atom. The SMILES string of the molecule is C[C@@H](NC(=O)c1cn(C2CCC(C(=O)N(C)CCO)CC2)c(=O)c2cn[nH]c12)c1cccc2c1CCC2(F)F. The predicted octanol–water partition coefficient (Wildman–Crippen LogP) is 3.44. The summed E-state index contributed by atoms with van der Waals surface area (Å²) < 4.78 is 30.1. The number of halogens is 2. The van der Waals surface area contributed by atoms with Gasteiger partial charge in [0.15, 0.2) is 0 Å². The second-order valence-electron chi connectivity index (χ2n) is 10.7. The van der Waals surface area contributed by atoms with Crippen LogP contribution in [0.5, 0.6) is 0 Å². The quantitative estimate of drug-likeness (QED) is 0.423. The van der Waals surface area contributed by atoms with Gasteiger partial charge in [-0.3, -0.25) is 19.5 Å². The average molecular weight is 542 g/mol. The van der Waals surface area contributed by atoms with Crippen molar-refractivity contribution in [3.8, 4) is 0 Å². The third-order valence-corrected chi connectivity index (χ3v) is 8.25. The average Bonchev–Trinajstić information content (AvgIpc) is 3.54. The van der Waals surface area contributed by atoms with E-state index in [1.807, 2.05) is 0 Å². The lowest BCUT2D eigenvalue weighted by atomic mass is 9.85. The van der Waals surface area contributed by atoms with Crippen molar-refractivity contribution in [2.45, 2.75) is 63.5 Å². The molecule has 9 nitrogen and oxygen atoms in total. The first-order valence-electron chi connectivity index (χ1n) is 13.4. The Kier molecular flexibility index (Phi) is 7.28. The molecule has 0 radical (unpaired) electrons. The molecule has 2 aliphatic carbocycles. The Hall–Kier alpha value is -3.60. The summed E-state index contributed by atoms with van der Waals surface area (Å²) in [5.41, 5.74) is 1.54. The number of hydrogen-bond acceptors (Lipinski definition) is 5. The van der Waals surface area contributed by atoms with Crippen LogP contribution < -0.4 is 10.9 Å². The zero-order valence-electron chi connectivity index (χ0n) is 22.0. The Labute approximate surface area is 224 Å². The Morgan fingerprint density at radius 2 is 2.03 bits per heavy atom. The largest absolute Gasteiger partial charge is 0.395 e. The summed E-state index contributed by atoms with van der Waals surface area (Å²) in [5.74, 6) is -3.50. The van der Waals surface area contributed by atoms with Crippen LogP contribution in [0.25, 0.3) is 10.9 Å². The molecule has 2 aromatic heterocycles. The van der Waals surface area contributed by atoms with E-state index in [1.54, 1.807) is 36.9 Å². The number of carbonyl (C=O) groups is 2. The van der Waals surface area contributed by atoms with Gasteiger partial charge in [0, 0.05) is 43.7 Å². The van der Waals surface area contributed by atoms with Gasteiger partial charge in [0.05, 0.1) is 35.3 Å². The molecule has 3 aromatic rings. The van der Waals surface area contributed by atoms with Gasteiger partial charge in [0.2, 0.25) is 5.91 Å². The molecular formula is C28H33F2N5O4. The number of rotatable bonds is 7. The molecule has 0 spiro atoms. The van der Waals surface area contributed by atoms with Gasteiger partial charge in [-0.2, -0.15) is 5.10 Å². The van der Waals surface area contributed by atoms with Crippen molar-refractivity contribution in [3.63, 3.8) is 0 Å². The number of hydrogen-bond donors (Lipinski definition) is 3. The van der Waals surface area contributed by atoms with E-state index in [2.05, 4.69) is 15.5 Å². The van der Waals surface area contributed by atoms with E-state index in [1.165, 1.54) is 17.2 Å². The number of H-pyrrole nitrogens is 1.